The Morgan fingerprint density at radius 1 is 1.00 bits per heavy atom. The van der Waals surface area contributed by atoms with E-state index in [1.807, 2.05) is 4.90 Å². The largest absolute Gasteiger partial charge is 0.417 e. The molecule has 0 atom stereocenters. The molecule has 43 heavy (non-hydrogen) atoms. The van der Waals surface area contributed by atoms with Crippen LogP contribution in [0.2, 0.25) is 0 Å². The van der Waals surface area contributed by atoms with Crippen LogP contribution in [-0.2, 0) is 23.7 Å². The van der Waals surface area contributed by atoms with Gasteiger partial charge < -0.3 is 10.2 Å². The highest BCUT2D eigenvalue weighted by Gasteiger charge is 2.39. The average molecular weight is 623 g/mol. The van der Waals surface area contributed by atoms with Gasteiger partial charge in [-0.2, -0.15) is 26.3 Å². The van der Waals surface area contributed by atoms with Gasteiger partial charge in [-0.25, -0.2) is 9.97 Å². The maximum atomic E-state index is 13.8. The van der Waals surface area contributed by atoms with E-state index in [0.29, 0.717) is 42.9 Å². The number of halogens is 6. The molecule has 0 saturated carbocycles. The second kappa shape index (κ2) is 12.3. The second-order valence-corrected chi connectivity index (χ2v) is 11.0. The summed E-state index contributed by atoms with van der Waals surface area (Å²) in [5.41, 5.74) is -2.29. The highest BCUT2D eigenvalue weighted by atomic mass is 32.2. The van der Waals surface area contributed by atoms with Crippen LogP contribution < -0.4 is 15.5 Å². The summed E-state index contributed by atoms with van der Waals surface area (Å²) in [6.45, 7) is 2.04. The van der Waals surface area contributed by atoms with Gasteiger partial charge in [0.2, 0.25) is 5.95 Å². The molecule has 15 heteroatoms. The van der Waals surface area contributed by atoms with Gasteiger partial charge in [-0.1, -0.05) is 12.1 Å². The summed E-state index contributed by atoms with van der Waals surface area (Å²) in [6.07, 6.45) is -3.94. The number of hydrogen-bond acceptors (Lipinski definition) is 8. The van der Waals surface area contributed by atoms with Crippen LogP contribution in [-0.4, -0.2) is 45.7 Å². The molecule has 4 heterocycles. The minimum Gasteiger partial charge on any atom is -0.341 e. The number of carbonyl (C=O) groups excluding carboxylic acids is 2. The lowest BCUT2D eigenvalue weighted by atomic mass is 9.96. The molecule has 3 aromatic rings. The second-order valence-electron chi connectivity index (χ2n) is 9.96. The van der Waals surface area contributed by atoms with Crippen molar-refractivity contribution in [2.45, 2.75) is 31.7 Å². The van der Waals surface area contributed by atoms with Crippen LogP contribution >= 0.6 is 11.8 Å². The summed E-state index contributed by atoms with van der Waals surface area (Å²) in [6, 6.07) is 6.37. The number of hydrogen-bond donors (Lipinski definition) is 2. The van der Waals surface area contributed by atoms with Crippen LogP contribution in [0.5, 0.6) is 0 Å². The molecule has 2 saturated heterocycles. The Bertz CT molecular complexity index is 1550. The number of pyridine rings is 1. The van der Waals surface area contributed by atoms with E-state index in [4.69, 9.17) is 0 Å². The first-order valence-corrected chi connectivity index (χ1v) is 14.0. The van der Waals surface area contributed by atoms with Crippen molar-refractivity contribution in [3.8, 4) is 11.3 Å². The number of benzene rings is 1. The number of alkyl halides is 6. The van der Waals surface area contributed by atoms with Gasteiger partial charge in [0, 0.05) is 37.6 Å². The molecule has 0 unspecified atom stereocenters. The van der Waals surface area contributed by atoms with E-state index in [2.05, 4.69) is 25.6 Å². The quantitative estimate of drug-likeness (QED) is 0.248. The number of anilines is 1. The Kier molecular flexibility index (Phi) is 8.74. The van der Waals surface area contributed by atoms with Crippen molar-refractivity contribution in [1.29, 1.82) is 0 Å². The van der Waals surface area contributed by atoms with E-state index in [-0.39, 0.29) is 29.1 Å². The molecule has 0 bridgehead atoms. The van der Waals surface area contributed by atoms with Crippen LogP contribution in [0.3, 0.4) is 0 Å². The number of rotatable bonds is 7. The Labute approximate surface area is 246 Å². The first-order valence-electron chi connectivity index (χ1n) is 13.1. The lowest BCUT2D eigenvalue weighted by Crippen LogP contribution is -2.38. The third kappa shape index (κ3) is 7.33. The molecule has 2 fully saturated rings. The lowest BCUT2D eigenvalue weighted by Gasteiger charge is -2.32. The molecule has 1 aromatic carbocycles. The third-order valence-corrected chi connectivity index (χ3v) is 7.84. The zero-order valence-electron chi connectivity index (χ0n) is 22.3. The van der Waals surface area contributed by atoms with Gasteiger partial charge in [0.25, 0.3) is 11.1 Å². The van der Waals surface area contributed by atoms with E-state index in [0.717, 1.165) is 30.7 Å². The molecule has 0 radical (unpaired) electrons. The van der Waals surface area contributed by atoms with Gasteiger partial charge in [-0.05, 0) is 73.0 Å². The molecule has 2 amide bonds. The number of nitrogens with zero attached hydrogens (tertiary/aromatic N) is 4. The molecular weight excluding hydrogens is 598 g/mol. The van der Waals surface area contributed by atoms with Crippen molar-refractivity contribution in [3.05, 3.63) is 76.1 Å². The van der Waals surface area contributed by atoms with E-state index in [1.165, 1.54) is 12.3 Å². The zero-order valence-corrected chi connectivity index (χ0v) is 23.1. The van der Waals surface area contributed by atoms with Gasteiger partial charge in [-0.15, -0.1) is 0 Å². The van der Waals surface area contributed by atoms with Gasteiger partial charge in [-0.3, -0.25) is 19.9 Å². The lowest BCUT2D eigenvalue weighted by molar-refractivity contribution is -0.142. The SMILES string of the molecule is O=C1NC(=O)/C(=C/c2ccnc(N3CCC(CNCc4cccnc4-c4ccc(C(F)(F)F)cc4C(F)(F)F)CC3)n2)S1. The molecule has 2 aliphatic heterocycles. The van der Waals surface area contributed by atoms with E-state index in [1.54, 1.807) is 24.4 Å². The average Bonchev–Trinajstić information content (AvgIpc) is 3.28. The van der Waals surface area contributed by atoms with Crippen LogP contribution in [0.25, 0.3) is 17.3 Å². The summed E-state index contributed by atoms with van der Waals surface area (Å²) in [4.78, 5) is 38.4. The minimum absolute atomic E-state index is 0.0317. The number of imide groups is 1. The fraction of sp³-hybridized carbons (Fsp3) is 0.321. The monoisotopic (exact) mass is 622 g/mol. The highest BCUT2D eigenvalue weighted by Crippen LogP contribution is 2.41. The maximum Gasteiger partial charge on any atom is 0.417 e. The molecule has 8 nitrogen and oxygen atoms in total. The minimum atomic E-state index is -5.00. The summed E-state index contributed by atoms with van der Waals surface area (Å²) >= 11 is 0.804. The van der Waals surface area contributed by atoms with Crippen molar-refractivity contribution in [2.75, 3.05) is 24.5 Å². The number of nitrogens with one attached hydrogen (secondary N) is 2. The van der Waals surface area contributed by atoms with Crippen molar-refractivity contribution < 1.29 is 35.9 Å². The molecular formula is C28H24F6N6O2S. The van der Waals surface area contributed by atoms with E-state index < -0.39 is 40.2 Å². The van der Waals surface area contributed by atoms with Crippen LogP contribution in [0, 0.1) is 5.92 Å². The number of aromatic nitrogens is 3. The fourth-order valence-corrected chi connectivity index (χ4v) is 5.55. The van der Waals surface area contributed by atoms with Gasteiger partial charge in [0.05, 0.1) is 27.4 Å². The number of piperidine rings is 1. The maximum absolute atomic E-state index is 13.8. The predicted molar refractivity (Wildman–Crippen MR) is 147 cm³/mol. The number of thioether (sulfide) groups is 1. The van der Waals surface area contributed by atoms with E-state index in [9.17, 15) is 35.9 Å². The molecule has 2 aromatic heterocycles. The zero-order chi connectivity index (χ0) is 30.8. The van der Waals surface area contributed by atoms with Crippen LogP contribution in [0.1, 0.15) is 35.2 Å². The number of carbonyl (C=O) groups is 2. The molecule has 2 aliphatic rings. The van der Waals surface area contributed by atoms with Crippen molar-refractivity contribution >= 4 is 34.9 Å². The van der Waals surface area contributed by atoms with Gasteiger partial charge in [0.15, 0.2) is 0 Å². The van der Waals surface area contributed by atoms with Crippen molar-refractivity contribution in [1.82, 2.24) is 25.6 Å². The van der Waals surface area contributed by atoms with Gasteiger partial charge >= 0.3 is 12.4 Å². The molecule has 0 spiro atoms. The Morgan fingerprint density at radius 2 is 1.77 bits per heavy atom. The van der Waals surface area contributed by atoms with Gasteiger partial charge in [0.1, 0.15) is 0 Å². The van der Waals surface area contributed by atoms with Crippen LogP contribution in [0.15, 0.2) is 53.7 Å². The molecule has 0 aliphatic carbocycles. The third-order valence-electron chi connectivity index (χ3n) is 7.03. The summed E-state index contributed by atoms with van der Waals surface area (Å²) < 4.78 is 80.7. The standard InChI is InChI=1S/C28H24F6N6O2S/c29-27(30,31)18-3-4-20(21(12-18)28(32,33)34)23-17(2-1-8-36-23)15-35-14-16-6-10-40(11-7-16)25-37-9-5-19(38-25)13-22-24(41)39-26(42)43-22/h1-5,8-9,12-13,16,35H,6-7,10-11,14-15H2,(H,39,41,42)/b22-13-. The first kappa shape index (κ1) is 30.5. The summed E-state index contributed by atoms with van der Waals surface area (Å²) in [5.74, 6) is 0.276. The van der Waals surface area contributed by atoms with E-state index >= 15 is 0 Å². The van der Waals surface area contributed by atoms with Crippen molar-refractivity contribution in [3.63, 3.8) is 0 Å². The Morgan fingerprint density at radius 3 is 2.44 bits per heavy atom. The highest BCUT2D eigenvalue weighted by molar-refractivity contribution is 8.18. The van der Waals surface area contributed by atoms with Crippen LogP contribution in [0.4, 0.5) is 37.1 Å². The summed E-state index contributed by atoms with van der Waals surface area (Å²) in [5, 5.41) is 5.02. The molecule has 2 N–H and O–H groups in total. The normalized spacial score (nSPS) is 17.5. The molecule has 226 valence electrons. The Hall–Kier alpha value is -3.98. The molecule has 5 rings (SSSR count). The number of amides is 2. The fourth-order valence-electron chi connectivity index (χ4n) is 4.88. The first-order chi connectivity index (χ1) is 20.4. The predicted octanol–water partition coefficient (Wildman–Crippen LogP) is 5.91. The topological polar surface area (TPSA) is 100 Å². The Balaban J connectivity index is 1.20. The summed E-state index contributed by atoms with van der Waals surface area (Å²) in [7, 11) is 0. The smallest absolute Gasteiger partial charge is 0.341 e. The van der Waals surface area contributed by atoms with Crippen molar-refractivity contribution in [2.24, 2.45) is 5.92 Å².